The van der Waals surface area contributed by atoms with Gasteiger partial charge in [0.05, 0.1) is 0 Å². The van der Waals surface area contributed by atoms with Gasteiger partial charge in [-0.3, -0.25) is 0 Å². The van der Waals surface area contributed by atoms with E-state index in [1.165, 1.54) is 44.5 Å². The standard InChI is InChI=1S/C13H23N3/c1-2-10-16-11-9-15-13(16)7-6-12-5-3-4-8-14-12/h9,11-12,14H,2-8,10H2,1H3. The molecule has 1 fully saturated rings. The Morgan fingerprint density at radius 2 is 2.44 bits per heavy atom. The minimum atomic E-state index is 0.723. The van der Waals surface area contributed by atoms with Crippen LogP contribution in [0, 0.1) is 0 Å². The van der Waals surface area contributed by atoms with Crippen LogP contribution in [0.4, 0.5) is 0 Å². The Hall–Kier alpha value is -0.830. The SMILES string of the molecule is CCCn1ccnc1CCC1CCCCN1. The van der Waals surface area contributed by atoms with Crippen LogP contribution in [0.3, 0.4) is 0 Å². The van der Waals surface area contributed by atoms with Gasteiger partial charge in [-0.05, 0) is 32.2 Å². The van der Waals surface area contributed by atoms with Gasteiger partial charge in [-0.1, -0.05) is 13.3 Å². The van der Waals surface area contributed by atoms with E-state index in [1.54, 1.807) is 0 Å². The van der Waals surface area contributed by atoms with Crippen LogP contribution in [0.15, 0.2) is 12.4 Å². The molecular weight excluding hydrogens is 198 g/mol. The molecule has 3 heteroatoms. The van der Waals surface area contributed by atoms with Gasteiger partial charge < -0.3 is 9.88 Å². The van der Waals surface area contributed by atoms with Gasteiger partial charge in [-0.2, -0.15) is 0 Å². The summed E-state index contributed by atoms with van der Waals surface area (Å²) in [5, 5.41) is 3.60. The molecule has 1 atom stereocenters. The third-order valence-corrected chi connectivity index (χ3v) is 3.39. The van der Waals surface area contributed by atoms with Crippen LogP contribution in [0.5, 0.6) is 0 Å². The summed E-state index contributed by atoms with van der Waals surface area (Å²) in [5.41, 5.74) is 0. The van der Waals surface area contributed by atoms with Crippen molar-refractivity contribution >= 4 is 0 Å². The Labute approximate surface area is 98.3 Å². The summed E-state index contributed by atoms with van der Waals surface area (Å²) in [5.74, 6) is 1.26. The van der Waals surface area contributed by atoms with Crippen LogP contribution in [0.25, 0.3) is 0 Å². The van der Waals surface area contributed by atoms with Gasteiger partial charge in [0, 0.05) is 31.4 Å². The Kier molecular flexibility index (Phi) is 4.40. The number of nitrogens with zero attached hydrogens (tertiary/aromatic N) is 2. The maximum atomic E-state index is 4.45. The number of hydrogen-bond donors (Lipinski definition) is 1. The Morgan fingerprint density at radius 3 is 3.19 bits per heavy atom. The zero-order valence-corrected chi connectivity index (χ0v) is 10.3. The topological polar surface area (TPSA) is 29.9 Å². The smallest absolute Gasteiger partial charge is 0.108 e. The molecule has 0 radical (unpaired) electrons. The summed E-state index contributed by atoms with van der Waals surface area (Å²) in [7, 11) is 0. The molecule has 0 amide bonds. The van der Waals surface area contributed by atoms with Crippen molar-refractivity contribution in [2.75, 3.05) is 6.54 Å². The number of nitrogens with one attached hydrogen (secondary N) is 1. The first-order chi connectivity index (χ1) is 7.90. The van der Waals surface area contributed by atoms with E-state index < -0.39 is 0 Å². The quantitative estimate of drug-likeness (QED) is 0.827. The lowest BCUT2D eigenvalue weighted by Gasteiger charge is -2.23. The van der Waals surface area contributed by atoms with E-state index in [2.05, 4.69) is 28.0 Å². The highest BCUT2D eigenvalue weighted by molar-refractivity contribution is 4.93. The first-order valence-corrected chi connectivity index (χ1v) is 6.63. The molecule has 1 aliphatic rings. The molecule has 0 saturated carbocycles. The van der Waals surface area contributed by atoms with Gasteiger partial charge in [0.15, 0.2) is 0 Å². The van der Waals surface area contributed by atoms with Crippen LogP contribution < -0.4 is 5.32 Å². The number of aryl methyl sites for hydroxylation is 2. The van der Waals surface area contributed by atoms with Gasteiger partial charge in [0.2, 0.25) is 0 Å². The second-order valence-corrected chi connectivity index (χ2v) is 4.72. The number of imidazole rings is 1. The fourth-order valence-electron chi connectivity index (χ4n) is 2.49. The van der Waals surface area contributed by atoms with Crippen molar-refractivity contribution in [3.8, 4) is 0 Å². The van der Waals surface area contributed by atoms with Gasteiger partial charge in [-0.25, -0.2) is 4.98 Å². The second kappa shape index (κ2) is 6.04. The molecule has 0 aliphatic carbocycles. The minimum Gasteiger partial charge on any atom is -0.335 e. The zero-order valence-electron chi connectivity index (χ0n) is 10.3. The fourth-order valence-corrected chi connectivity index (χ4v) is 2.49. The first-order valence-electron chi connectivity index (χ1n) is 6.63. The third kappa shape index (κ3) is 3.08. The monoisotopic (exact) mass is 221 g/mol. The Morgan fingerprint density at radius 1 is 1.50 bits per heavy atom. The van der Waals surface area contributed by atoms with Crippen molar-refractivity contribution in [3.05, 3.63) is 18.2 Å². The van der Waals surface area contributed by atoms with E-state index in [1.807, 2.05) is 6.20 Å². The molecular formula is C13H23N3. The van der Waals surface area contributed by atoms with Crippen LogP contribution in [0.1, 0.15) is 44.9 Å². The third-order valence-electron chi connectivity index (χ3n) is 3.39. The van der Waals surface area contributed by atoms with E-state index in [0.29, 0.717) is 0 Å². The van der Waals surface area contributed by atoms with E-state index >= 15 is 0 Å². The van der Waals surface area contributed by atoms with Crippen LogP contribution in [0.2, 0.25) is 0 Å². The van der Waals surface area contributed by atoms with Crippen molar-refractivity contribution in [3.63, 3.8) is 0 Å². The van der Waals surface area contributed by atoms with E-state index in [0.717, 1.165) is 19.0 Å². The van der Waals surface area contributed by atoms with Crippen molar-refractivity contribution in [1.82, 2.24) is 14.9 Å². The highest BCUT2D eigenvalue weighted by Crippen LogP contribution is 2.13. The van der Waals surface area contributed by atoms with Crippen LogP contribution in [-0.2, 0) is 13.0 Å². The minimum absolute atomic E-state index is 0.723. The van der Waals surface area contributed by atoms with Crippen LogP contribution >= 0.6 is 0 Å². The van der Waals surface area contributed by atoms with Gasteiger partial charge in [0.25, 0.3) is 0 Å². The summed E-state index contributed by atoms with van der Waals surface area (Å²) in [6.07, 6.45) is 11.7. The molecule has 0 spiro atoms. The molecule has 2 heterocycles. The van der Waals surface area contributed by atoms with Crippen LogP contribution in [-0.4, -0.2) is 22.1 Å². The van der Waals surface area contributed by atoms with Gasteiger partial charge >= 0.3 is 0 Å². The largest absolute Gasteiger partial charge is 0.335 e. The molecule has 2 rings (SSSR count). The molecule has 1 saturated heterocycles. The average molecular weight is 221 g/mol. The van der Waals surface area contributed by atoms with Gasteiger partial charge in [-0.15, -0.1) is 0 Å². The molecule has 90 valence electrons. The number of hydrogen-bond acceptors (Lipinski definition) is 2. The lowest BCUT2D eigenvalue weighted by molar-refractivity contribution is 0.379. The molecule has 1 N–H and O–H groups in total. The maximum absolute atomic E-state index is 4.45. The van der Waals surface area contributed by atoms with E-state index in [9.17, 15) is 0 Å². The highest BCUT2D eigenvalue weighted by Gasteiger charge is 2.13. The summed E-state index contributed by atoms with van der Waals surface area (Å²) in [6, 6.07) is 0.723. The predicted octanol–water partition coefficient (Wildman–Crippen LogP) is 2.37. The Balaban J connectivity index is 1.81. The second-order valence-electron chi connectivity index (χ2n) is 4.72. The summed E-state index contributed by atoms with van der Waals surface area (Å²) >= 11 is 0. The molecule has 1 unspecified atom stereocenters. The lowest BCUT2D eigenvalue weighted by Crippen LogP contribution is -2.34. The normalized spacial score (nSPS) is 21.2. The fraction of sp³-hybridized carbons (Fsp3) is 0.769. The predicted molar refractivity (Wildman–Crippen MR) is 66.5 cm³/mol. The van der Waals surface area contributed by atoms with E-state index in [-0.39, 0.29) is 0 Å². The highest BCUT2D eigenvalue weighted by atomic mass is 15.1. The molecule has 1 aromatic heterocycles. The molecule has 3 nitrogen and oxygen atoms in total. The molecule has 1 aliphatic heterocycles. The summed E-state index contributed by atoms with van der Waals surface area (Å²) < 4.78 is 2.29. The van der Waals surface area contributed by atoms with Crippen molar-refractivity contribution in [1.29, 1.82) is 0 Å². The lowest BCUT2D eigenvalue weighted by atomic mass is 10.0. The molecule has 1 aromatic rings. The maximum Gasteiger partial charge on any atom is 0.108 e. The first kappa shape index (κ1) is 11.6. The number of piperidine rings is 1. The molecule has 0 aromatic carbocycles. The summed E-state index contributed by atoms with van der Waals surface area (Å²) in [4.78, 5) is 4.45. The van der Waals surface area contributed by atoms with E-state index in [4.69, 9.17) is 0 Å². The van der Waals surface area contributed by atoms with Crippen molar-refractivity contribution < 1.29 is 0 Å². The number of rotatable bonds is 5. The molecule has 0 bridgehead atoms. The zero-order chi connectivity index (χ0) is 11.2. The average Bonchev–Trinajstić information content (AvgIpc) is 2.76. The summed E-state index contributed by atoms with van der Waals surface area (Å²) in [6.45, 7) is 4.52. The Bertz CT molecular complexity index is 300. The van der Waals surface area contributed by atoms with Gasteiger partial charge in [0.1, 0.15) is 5.82 Å². The molecule has 16 heavy (non-hydrogen) atoms. The van der Waals surface area contributed by atoms with Crippen molar-refractivity contribution in [2.24, 2.45) is 0 Å². The van der Waals surface area contributed by atoms with Crippen molar-refractivity contribution in [2.45, 2.75) is 58.0 Å². The number of aromatic nitrogens is 2.